The third-order valence-electron chi connectivity index (χ3n) is 7.78. The van der Waals surface area contributed by atoms with Gasteiger partial charge in [0, 0.05) is 23.7 Å². The van der Waals surface area contributed by atoms with Crippen LogP contribution in [0.1, 0.15) is 39.0 Å². The van der Waals surface area contributed by atoms with Gasteiger partial charge in [-0.05, 0) is 216 Å². The third kappa shape index (κ3) is 32.8. The van der Waals surface area contributed by atoms with Crippen molar-refractivity contribution in [3.8, 4) is 0 Å². The molecule has 0 spiro atoms. The van der Waals surface area contributed by atoms with Crippen molar-refractivity contribution in [3.05, 3.63) is 11.1 Å². The molecule has 63 heavy (non-hydrogen) atoms. The predicted octanol–water partition coefficient (Wildman–Crippen LogP) is 14.3. The first-order valence-corrected chi connectivity index (χ1v) is 60.1. The first-order valence-electron chi connectivity index (χ1n) is 23.6. The van der Waals surface area contributed by atoms with Gasteiger partial charge in [-0.25, -0.2) is 4.79 Å². The van der Waals surface area contributed by atoms with Crippen molar-refractivity contribution in [2.75, 3.05) is 6.61 Å². The number of ether oxygens (including phenoxy) is 1. The Balaban J connectivity index is 7.11. The highest BCUT2D eigenvalue weighted by atomic mass is 28.5. The summed E-state index contributed by atoms with van der Waals surface area (Å²) in [6.45, 7) is 62.0. The first-order chi connectivity index (χ1) is 27.5. The molecule has 0 aromatic heterocycles. The highest BCUT2D eigenvalue weighted by molar-refractivity contribution is 6.92. The van der Waals surface area contributed by atoms with Gasteiger partial charge in [0.05, 0.1) is 6.61 Å². The molecule has 376 valence electrons. The topological polar surface area (TPSA) is 109 Å². The van der Waals surface area contributed by atoms with Crippen LogP contribution in [0.2, 0.25) is 195 Å². The highest BCUT2D eigenvalue weighted by Gasteiger charge is 2.52. The fraction of sp³-hybridized carbons (Fsp3) is 0.925. The van der Waals surface area contributed by atoms with E-state index in [0.717, 1.165) is 18.4 Å². The van der Waals surface area contributed by atoms with Crippen molar-refractivity contribution in [2.24, 2.45) is 0 Å². The van der Waals surface area contributed by atoms with Gasteiger partial charge in [-0.2, -0.15) is 0 Å². The molecule has 23 heteroatoms. The lowest BCUT2D eigenvalue weighted by molar-refractivity contribution is -0.139. The average molecular weight is 1100 g/mol. The van der Waals surface area contributed by atoms with Gasteiger partial charge in [0.2, 0.25) is 0 Å². The van der Waals surface area contributed by atoms with Crippen LogP contribution in [-0.4, -0.2) is 114 Å². The number of carbonyl (C=O) groups is 1. The Hall–Kier alpha value is 1.45. The summed E-state index contributed by atoms with van der Waals surface area (Å²) in [5.41, 5.74) is 1.75. The molecule has 0 atom stereocenters. The average Bonchev–Trinajstić information content (AvgIpc) is 2.89. The number of esters is 1. The largest absolute Gasteiger partial charge is 0.469 e. The zero-order valence-corrected chi connectivity index (χ0v) is 58.4. The van der Waals surface area contributed by atoms with Crippen molar-refractivity contribution >= 4 is 107 Å². The summed E-state index contributed by atoms with van der Waals surface area (Å²) in [5, 5.41) is 0. The van der Waals surface area contributed by atoms with Crippen LogP contribution < -0.4 is 0 Å². The van der Waals surface area contributed by atoms with Crippen molar-refractivity contribution in [2.45, 2.75) is 234 Å². The fourth-order valence-electron chi connectivity index (χ4n) is 7.09. The Kier molecular flexibility index (Phi) is 24.6. The molecule has 0 amide bonds. The molecule has 0 fully saturated rings. The van der Waals surface area contributed by atoms with Gasteiger partial charge in [-0.3, -0.25) is 0 Å². The van der Waals surface area contributed by atoms with E-state index in [2.05, 4.69) is 177 Å². The molecule has 0 rings (SSSR count). The monoisotopic (exact) mass is 1090 g/mol. The van der Waals surface area contributed by atoms with Crippen LogP contribution in [0.15, 0.2) is 11.1 Å². The molecule has 0 unspecified atom stereocenters. The smallest absolute Gasteiger partial charge is 0.462 e. The van der Waals surface area contributed by atoms with E-state index in [0.29, 0.717) is 43.0 Å². The zero-order chi connectivity index (χ0) is 50.2. The minimum Gasteiger partial charge on any atom is -0.462 e. The molecule has 0 bridgehead atoms. The maximum absolute atomic E-state index is 14.2. The second-order valence-electron chi connectivity index (χ2n) is 26.2. The SMILES string of the molecule is CC(C(=O)OCCC[Si](O[Si](C)(C)C)(O[Si](C)(C)C)O[Si](C)(C)C)=C(CCC[Si](O[Si](C)(C)C)(O[Si](C)(C)C)O[Si](C)(C)C)CCC[Si](O[Si](C)(C)C)(O[Si](C)(C)C)O[Si](C)(C)C. The molecule has 0 saturated heterocycles. The normalized spacial score (nSPS) is 14.9. The van der Waals surface area contributed by atoms with Crippen LogP contribution in [0, 0.1) is 0 Å². The number of carbonyl (C=O) groups excluding carboxylic acids is 1. The number of rotatable bonds is 31. The minimum atomic E-state index is -3.08. The van der Waals surface area contributed by atoms with Crippen LogP contribution in [0.4, 0.5) is 0 Å². The van der Waals surface area contributed by atoms with Gasteiger partial charge in [0.1, 0.15) is 0 Å². The lowest BCUT2D eigenvalue weighted by Gasteiger charge is -2.43. The molecule has 0 aromatic carbocycles. The maximum atomic E-state index is 14.2. The van der Waals surface area contributed by atoms with Gasteiger partial charge >= 0.3 is 32.4 Å². The lowest BCUT2D eigenvalue weighted by atomic mass is 10.00. The molecule has 0 N–H and O–H groups in total. The minimum absolute atomic E-state index is 0.264. The first kappa shape index (κ1) is 64.5. The van der Waals surface area contributed by atoms with Gasteiger partial charge in [-0.1, -0.05) is 5.57 Å². The van der Waals surface area contributed by atoms with Gasteiger partial charge in [0.25, 0.3) is 0 Å². The van der Waals surface area contributed by atoms with E-state index in [4.69, 9.17) is 41.8 Å². The third-order valence-corrected chi connectivity index (χ3v) is 43.9. The van der Waals surface area contributed by atoms with Crippen molar-refractivity contribution in [1.82, 2.24) is 0 Å². The lowest BCUT2D eigenvalue weighted by Crippen LogP contribution is -2.60. The predicted molar refractivity (Wildman–Crippen MR) is 298 cm³/mol. The molecule has 0 aliphatic carbocycles. The van der Waals surface area contributed by atoms with Crippen LogP contribution in [0.3, 0.4) is 0 Å². The highest BCUT2D eigenvalue weighted by Crippen LogP contribution is 2.35. The summed E-state index contributed by atoms with van der Waals surface area (Å²) in [7, 11) is -27.7. The van der Waals surface area contributed by atoms with E-state index in [1.54, 1.807) is 0 Å². The molecular formula is C40H102O11Si12. The van der Waals surface area contributed by atoms with Crippen LogP contribution in [-0.2, 0) is 46.6 Å². The summed E-state index contributed by atoms with van der Waals surface area (Å²) in [6.07, 6.45) is 3.57. The maximum Gasteiger partial charge on any atom is 0.469 e. The standard InChI is InChI=1S/C40H102O11Si12/c1-38(40(41)42-34-31-37-63(49-58(20,21)22,50-59(23,24)25)51-60(26,27)28)39(32-29-35-61(43-52(2,3)4,44-53(5,6)7)45-54(8,9)10)33-30-36-62(46-55(11,12)13,47-56(14,15)16)48-57(17,18)19/h29-37H2,1-28H3. The van der Waals surface area contributed by atoms with E-state index < -0.39 is 101 Å². The molecule has 0 aliphatic rings. The summed E-state index contributed by atoms with van der Waals surface area (Å²) in [4.78, 5) is 14.2. The van der Waals surface area contributed by atoms with E-state index in [1.807, 2.05) is 6.92 Å². The van der Waals surface area contributed by atoms with Crippen molar-refractivity contribution in [1.29, 1.82) is 0 Å². The number of allylic oxidation sites excluding steroid dienone is 1. The van der Waals surface area contributed by atoms with E-state index in [1.165, 1.54) is 0 Å². The molecule has 0 saturated carbocycles. The number of hydrogen-bond acceptors (Lipinski definition) is 11. The quantitative estimate of drug-likeness (QED) is 0.0286. The molecule has 0 aromatic rings. The van der Waals surface area contributed by atoms with E-state index >= 15 is 0 Å². The Morgan fingerprint density at radius 3 is 0.698 bits per heavy atom. The molecule has 0 aliphatic heterocycles. The molecular weight excluding hydrogens is 993 g/mol. The van der Waals surface area contributed by atoms with Crippen molar-refractivity contribution < 1.29 is 46.6 Å². The van der Waals surface area contributed by atoms with Gasteiger partial charge in [-0.15, -0.1) is 0 Å². The second-order valence-corrected chi connectivity index (χ2v) is 77.1. The van der Waals surface area contributed by atoms with Gasteiger partial charge < -0.3 is 41.8 Å². The fourth-order valence-corrected chi connectivity index (χ4v) is 51.0. The molecule has 11 nitrogen and oxygen atoms in total. The van der Waals surface area contributed by atoms with E-state index in [9.17, 15) is 4.79 Å². The Labute approximate surface area is 402 Å². The Morgan fingerprint density at radius 2 is 0.508 bits per heavy atom. The Bertz CT molecular complexity index is 1250. The summed E-state index contributed by atoms with van der Waals surface area (Å²) < 4.78 is 69.2. The number of hydrogen-bond donors (Lipinski definition) is 0. The second kappa shape index (κ2) is 24.0. The van der Waals surface area contributed by atoms with Crippen molar-refractivity contribution in [3.63, 3.8) is 0 Å². The van der Waals surface area contributed by atoms with Gasteiger partial charge in [0.15, 0.2) is 74.9 Å². The van der Waals surface area contributed by atoms with E-state index in [-0.39, 0.29) is 12.6 Å². The zero-order valence-electron chi connectivity index (χ0n) is 46.4. The molecule has 0 radical (unpaired) electrons. The van der Waals surface area contributed by atoms with Crippen LogP contribution >= 0.6 is 0 Å². The Morgan fingerprint density at radius 1 is 0.317 bits per heavy atom. The van der Waals surface area contributed by atoms with Crippen LogP contribution in [0.25, 0.3) is 0 Å². The summed E-state index contributed by atoms with van der Waals surface area (Å²) >= 11 is 0. The van der Waals surface area contributed by atoms with Crippen LogP contribution in [0.5, 0.6) is 0 Å². The summed E-state index contributed by atoms with van der Waals surface area (Å²) in [5.74, 6) is -0.280. The molecule has 0 heterocycles. The summed E-state index contributed by atoms with van der Waals surface area (Å²) in [6, 6.07) is 2.01.